The zero-order valence-electron chi connectivity index (χ0n) is 8.98. The second-order valence-corrected chi connectivity index (χ2v) is 3.21. The van der Waals surface area contributed by atoms with Crippen molar-refractivity contribution in [2.75, 3.05) is 14.2 Å². The quantitative estimate of drug-likeness (QED) is 0.608. The van der Waals surface area contributed by atoms with Gasteiger partial charge < -0.3 is 14.6 Å². The van der Waals surface area contributed by atoms with E-state index in [0.717, 1.165) is 5.56 Å². The summed E-state index contributed by atoms with van der Waals surface area (Å²) in [5.41, 5.74) is 1.57. The number of hydrogen-bond donors (Lipinski definition) is 1. The van der Waals surface area contributed by atoms with Crippen molar-refractivity contribution in [1.29, 1.82) is 0 Å². The molecule has 0 aliphatic heterocycles. The molecule has 15 heavy (non-hydrogen) atoms. The molecule has 0 heterocycles. The van der Waals surface area contributed by atoms with Crippen LogP contribution in [0.15, 0.2) is 12.1 Å². The zero-order chi connectivity index (χ0) is 11.4. The lowest BCUT2D eigenvalue weighted by Crippen LogP contribution is -2.05. The van der Waals surface area contributed by atoms with E-state index >= 15 is 0 Å². The van der Waals surface area contributed by atoms with Crippen molar-refractivity contribution in [3.05, 3.63) is 28.8 Å². The van der Waals surface area contributed by atoms with Crippen molar-refractivity contribution in [3.8, 4) is 5.75 Å². The molecule has 0 fully saturated rings. The molecule has 0 radical (unpaired) electrons. The van der Waals surface area contributed by atoms with Crippen LogP contribution in [0.2, 0.25) is 0 Å². The largest absolute Gasteiger partial charge is 0.507 e. The van der Waals surface area contributed by atoms with E-state index in [-0.39, 0.29) is 11.3 Å². The molecule has 0 bridgehead atoms. The van der Waals surface area contributed by atoms with Crippen molar-refractivity contribution in [1.82, 2.24) is 0 Å². The monoisotopic (exact) mass is 210 g/mol. The van der Waals surface area contributed by atoms with Crippen LogP contribution in [0.25, 0.3) is 0 Å². The van der Waals surface area contributed by atoms with E-state index in [2.05, 4.69) is 0 Å². The third kappa shape index (κ3) is 2.34. The lowest BCUT2D eigenvalue weighted by atomic mass is 10.0. The molecular weight excluding hydrogens is 196 g/mol. The van der Waals surface area contributed by atoms with Gasteiger partial charge >= 0.3 is 0 Å². The van der Waals surface area contributed by atoms with Crippen LogP contribution < -0.4 is 0 Å². The van der Waals surface area contributed by atoms with Crippen molar-refractivity contribution >= 4 is 6.29 Å². The van der Waals surface area contributed by atoms with E-state index in [0.29, 0.717) is 11.8 Å². The summed E-state index contributed by atoms with van der Waals surface area (Å²) in [6, 6.07) is 3.33. The van der Waals surface area contributed by atoms with Crippen LogP contribution in [0, 0.1) is 6.92 Å². The molecular formula is C11H14O4. The van der Waals surface area contributed by atoms with Gasteiger partial charge in [0.05, 0.1) is 11.1 Å². The van der Waals surface area contributed by atoms with E-state index in [1.54, 1.807) is 12.1 Å². The fourth-order valence-corrected chi connectivity index (χ4v) is 1.46. The lowest BCUT2D eigenvalue weighted by molar-refractivity contribution is -0.107. The van der Waals surface area contributed by atoms with Crippen molar-refractivity contribution < 1.29 is 19.4 Å². The van der Waals surface area contributed by atoms with Crippen LogP contribution in [-0.4, -0.2) is 25.6 Å². The maximum absolute atomic E-state index is 10.7. The molecule has 1 N–H and O–H groups in total. The molecule has 1 aromatic carbocycles. The molecule has 0 aliphatic rings. The second-order valence-electron chi connectivity index (χ2n) is 3.21. The summed E-state index contributed by atoms with van der Waals surface area (Å²) in [5, 5.41) is 9.75. The van der Waals surface area contributed by atoms with Crippen LogP contribution in [0.4, 0.5) is 0 Å². The summed E-state index contributed by atoms with van der Waals surface area (Å²) in [7, 11) is 2.94. The minimum atomic E-state index is -0.663. The minimum Gasteiger partial charge on any atom is -0.507 e. The first-order chi connectivity index (χ1) is 7.13. The molecule has 0 unspecified atom stereocenters. The van der Waals surface area contributed by atoms with E-state index in [9.17, 15) is 9.90 Å². The Morgan fingerprint density at radius 3 is 2.40 bits per heavy atom. The Balaban J connectivity index is 3.27. The Bertz CT molecular complexity index is 356. The van der Waals surface area contributed by atoms with Gasteiger partial charge in [0.25, 0.3) is 0 Å². The smallest absolute Gasteiger partial charge is 0.186 e. The number of rotatable bonds is 4. The van der Waals surface area contributed by atoms with Crippen LogP contribution in [0.1, 0.15) is 27.8 Å². The number of aromatic hydroxyl groups is 1. The first-order valence-corrected chi connectivity index (χ1v) is 4.48. The third-order valence-electron chi connectivity index (χ3n) is 2.12. The average Bonchev–Trinajstić information content (AvgIpc) is 2.24. The summed E-state index contributed by atoms with van der Waals surface area (Å²) >= 11 is 0. The second kappa shape index (κ2) is 4.91. The molecule has 82 valence electrons. The SMILES string of the molecule is COC(OC)c1cc(C)cc(C=O)c1O. The molecule has 4 heteroatoms. The Morgan fingerprint density at radius 1 is 1.33 bits per heavy atom. The van der Waals surface area contributed by atoms with E-state index < -0.39 is 6.29 Å². The van der Waals surface area contributed by atoms with Crippen molar-refractivity contribution in [2.45, 2.75) is 13.2 Å². The number of carbonyl (C=O) groups excluding carboxylic acids is 1. The van der Waals surface area contributed by atoms with Gasteiger partial charge in [-0.2, -0.15) is 0 Å². The number of benzene rings is 1. The lowest BCUT2D eigenvalue weighted by Gasteiger charge is -2.16. The third-order valence-corrected chi connectivity index (χ3v) is 2.12. The predicted octanol–water partition coefficient (Wildman–Crippen LogP) is 1.80. The van der Waals surface area contributed by atoms with Gasteiger partial charge in [-0.25, -0.2) is 0 Å². The summed E-state index contributed by atoms with van der Waals surface area (Å²) in [6.45, 7) is 1.83. The summed E-state index contributed by atoms with van der Waals surface area (Å²) in [5.74, 6) is -0.0932. The van der Waals surface area contributed by atoms with Crippen LogP contribution in [0.3, 0.4) is 0 Å². The predicted molar refractivity (Wildman–Crippen MR) is 55.0 cm³/mol. The van der Waals surface area contributed by atoms with Crippen molar-refractivity contribution in [3.63, 3.8) is 0 Å². The first kappa shape index (κ1) is 11.7. The van der Waals surface area contributed by atoms with Gasteiger partial charge in [0.1, 0.15) is 5.75 Å². The Kier molecular flexibility index (Phi) is 3.82. The Morgan fingerprint density at radius 2 is 1.93 bits per heavy atom. The number of carbonyl (C=O) groups is 1. The number of hydrogen-bond acceptors (Lipinski definition) is 4. The van der Waals surface area contributed by atoms with Gasteiger partial charge in [-0.1, -0.05) is 0 Å². The highest BCUT2D eigenvalue weighted by molar-refractivity contribution is 5.80. The topological polar surface area (TPSA) is 55.8 Å². The standard InChI is InChI=1S/C11H14O4/c1-7-4-8(6-12)10(13)9(5-7)11(14-2)15-3/h4-6,11,13H,1-3H3. The molecule has 0 saturated heterocycles. The fraction of sp³-hybridized carbons (Fsp3) is 0.364. The van der Waals surface area contributed by atoms with E-state index in [1.807, 2.05) is 6.92 Å². The number of ether oxygens (including phenoxy) is 2. The summed E-state index contributed by atoms with van der Waals surface area (Å²) in [4.78, 5) is 10.7. The maximum Gasteiger partial charge on any atom is 0.186 e. The fourth-order valence-electron chi connectivity index (χ4n) is 1.46. The first-order valence-electron chi connectivity index (χ1n) is 4.48. The van der Waals surface area contributed by atoms with Gasteiger partial charge in [-0.3, -0.25) is 4.79 Å². The molecule has 0 atom stereocenters. The molecule has 0 amide bonds. The number of aldehydes is 1. The van der Waals surface area contributed by atoms with Gasteiger partial charge in [-0.05, 0) is 24.6 Å². The van der Waals surface area contributed by atoms with Gasteiger partial charge in [0.2, 0.25) is 0 Å². The molecule has 0 spiro atoms. The molecule has 0 aromatic heterocycles. The minimum absolute atomic E-state index is 0.0932. The van der Waals surface area contributed by atoms with Crippen LogP contribution in [-0.2, 0) is 9.47 Å². The van der Waals surface area contributed by atoms with Gasteiger partial charge in [0, 0.05) is 14.2 Å². The highest BCUT2D eigenvalue weighted by Crippen LogP contribution is 2.30. The number of methoxy groups -OCH3 is 2. The Labute approximate surface area is 88.4 Å². The Hall–Kier alpha value is -1.39. The highest BCUT2D eigenvalue weighted by atomic mass is 16.7. The molecule has 1 rings (SSSR count). The van der Waals surface area contributed by atoms with Gasteiger partial charge in [-0.15, -0.1) is 0 Å². The molecule has 0 aliphatic carbocycles. The van der Waals surface area contributed by atoms with Crippen molar-refractivity contribution in [2.24, 2.45) is 0 Å². The molecule has 4 nitrogen and oxygen atoms in total. The zero-order valence-corrected chi connectivity index (χ0v) is 8.98. The van der Waals surface area contributed by atoms with E-state index in [4.69, 9.17) is 9.47 Å². The number of phenolic OH excluding ortho intramolecular Hbond substituents is 1. The number of aryl methyl sites for hydroxylation is 1. The average molecular weight is 210 g/mol. The summed E-state index contributed by atoms with van der Waals surface area (Å²) < 4.78 is 10.0. The molecule has 0 saturated carbocycles. The summed E-state index contributed by atoms with van der Waals surface area (Å²) in [6.07, 6.45) is -0.0580. The van der Waals surface area contributed by atoms with Crippen LogP contribution >= 0.6 is 0 Å². The highest BCUT2D eigenvalue weighted by Gasteiger charge is 2.17. The van der Waals surface area contributed by atoms with Gasteiger partial charge in [0.15, 0.2) is 12.6 Å². The van der Waals surface area contributed by atoms with E-state index in [1.165, 1.54) is 14.2 Å². The molecule has 1 aromatic rings. The maximum atomic E-state index is 10.7. The number of phenols is 1. The normalized spacial score (nSPS) is 10.7. The van der Waals surface area contributed by atoms with Crippen LogP contribution in [0.5, 0.6) is 5.75 Å².